The molecule has 24 heavy (non-hydrogen) atoms. The number of benzene rings is 2. The summed E-state index contributed by atoms with van der Waals surface area (Å²) in [5.74, 6) is -0.0153. The fourth-order valence-corrected chi connectivity index (χ4v) is 3.40. The number of hydrogen-bond acceptors (Lipinski definition) is 3. The normalized spacial score (nSPS) is 10.5. The van der Waals surface area contributed by atoms with E-state index in [-0.39, 0.29) is 5.91 Å². The molecule has 1 heterocycles. The number of nitrogens with one attached hydrogen (secondary N) is 1. The summed E-state index contributed by atoms with van der Waals surface area (Å²) < 4.78 is 0. The van der Waals surface area contributed by atoms with E-state index in [0.717, 1.165) is 33.3 Å². The van der Waals surface area contributed by atoms with Gasteiger partial charge in [0, 0.05) is 23.4 Å². The Bertz CT molecular complexity index is 817. The van der Waals surface area contributed by atoms with Gasteiger partial charge in [-0.1, -0.05) is 54.1 Å². The van der Waals surface area contributed by atoms with Crippen LogP contribution in [0.1, 0.15) is 21.8 Å². The van der Waals surface area contributed by atoms with E-state index in [4.69, 9.17) is 11.6 Å². The fraction of sp³-hybridized carbons (Fsp3) is 0.158. The van der Waals surface area contributed by atoms with Crippen LogP contribution in [0.5, 0.6) is 0 Å². The van der Waals surface area contributed by atoms with Crippen LogP contribution >= 0.6 is 22.9 Å². The molecule has 3 rings (SSSR count). The summed E-state index contributed by atoms with van der Waals surface area (Å²) in [5, 5.41) is 6.58. The molecule has 2 aromatic carbocycles. The van der Waals surface area contributed by atoms with Crippen molar-refractivity contribution < 1.29 is 4.79 Å². The first-order chi connectivity index (χ1) is 11.7. The second kappa shape index (κ2) is 8.08. The minimum absolute atomic E-state index is 0.0153. The van der Waals surface area contributed by atoms with Crippen molar-refractivity contribution in [3.05, 3.63) is 86.8 Å². The highest BCUT2D eigenvalue weighted by molar-refractivity contribution is 7.09. The van der Waals surface area contributed by atoms with Crippen LogP contribution in [0.3, 0.4) is 0 Å². The Labute approximate surface area is 150 Å². The molecular weight excluding hydrogens is 340 g/mol. The van der Waals surface area contributed by atoms with Crippen LogP contribution in [0.25, 0.3) is 0 Å². The lowest BCUT2D eigenvalue weighted by atomic mass is 10.2. The van der Waals surface area contributed by atoms with Gasteiger partial charge in [-0.2, -0.15) is 0 Å². The van der Waals surface area contributed by atoms with Gasteiger partial charge < -0.3 is 5.32 Å². The maximum absolute atomic E-state index is 12.0. The second-order valence-electron chi connectivity index (χ2n) is 5.48. The molecule has 0 fully saturated rings. The van der Waals surface area contributed by atoms with Crippen LogP contribution in [0.4, 0.5) is 0 Å². The number of nitrogens with zero attached hydrogens (tertiary/aromatic N) is 1. The molecule has 1 N–H and O–H groups in total. The lowest BCUT2D eigenvalue weighted by Gasteiger charge is -2.04. The molecule has 0 saturated carbocycles. The molecule has 0 aliphatic carbocycles. The standard InChI is InChI=1S/C19H17ClN2OS/c20-16-8-4-7-15(9-16)10-19-22-17(13-24-19)11-18(23)21-12-14-5-2-1-3-6-14/h1-9,13H,10-12H2,(H,21,23). The van der Waals surface area contributed by atoms with Crippen molar-refractivity contribution in [3.63, 3.8) is 0 Å². The summed E-state index contributed by atoms with van der Waals surface area (Å²) >= 11 is 7.57. The third-order valence-corrected chi connectivity index (χ3v) is 4.65. The Morgan fingerprint density at radius 3 is 2.67 bits per heavy atom. The molecule has 1 amide bonds. The van der Waals surface area contributed by atoms with E-state index >= 15 is 0 Å². The topological polar surface area (TPSA) is 42.0 Å². The Morgan fingerprint density at radius 2 is 1.88 bits per heavy atom. The fourth-order valence-electron chi connectivity index (χ4n) is 2.36. The summed E-state index contributed by atoms with van der Waals surface area (Å²) in [4.78, 5) is 16.6. The molecule has 5 heteroatoms. The summed E-state index contributed by atoms with van der Waals surface area (Å²) in [6, 6.07) is 17.6. The number of halogens is 1. The van der Waals surface area contributed by atoms with E-state index in [1.807, 2.05) is 60.0 Å². The lowest BCUT2D eigenvalue weighted by Crippen LogP contribution is -2.24. The van der Waals surface area contributed by atoms with Crippen molar-refractivity contribution in [1.29, 1.82) is 0 Å². The monoisotopic (exact) mass is 356 g/mol. The van der Waals surface area contributed by atoms with Gasteiger partial charge >= 0.3 is 0 Å². The van der Waals surface area contributed by atoms with E-state index in [1.165, 1.54) is 0 Å². The molecule has 0 radical (unpaired) electrons. The number of carbonyl (C=O) groups excluding carboxylic acids is 1. The van der Waals surface area contributed by atoms with E-state index in [9.17, 15) is 4.79 Å². The van der Waals surface area contributed by atoms with E-state index in [1.54, 1.807) is 11.3 Å². The minimum atomic E-state index is -0.0153. The summed E-state index contributed by atoms with van der Waals surface area (Å²) in [6.45, 7) is 0.541. The molecule has 0 bridgehead atoms. The zero-order chi connectivity index (χ0) is 16.8. The highest BCUT2D eigenvalue weighted by atomic mass is 35.5. The molecular formula is C19H17ClN2OS. The van der Waals surface area contributed by atoms with Crippen LogP contribution in [0.2, 0.25) is 5.02 Å². The van der Waals surface area contributed by atoms with Crippen molar-refractivity contribution in [2.24, 2.45) is 0 Å². The van der Waals surface area contributed by atoms with Crippen molar-refractivity contribution in [2.75, 3.05) is 0 Å². The van der Waals surface area contributed by atoms with E-state index in [2.05, 4.69) is 10.3 Å². The Balaban J connectivity index is 1.53. The van der Waals surface area contributed by atoms with Crippen LogP contribution in [0.15, 0.2) is 60.0 Å². The maximum Gasteiger partial charge on any atom is 0.226 e. The SMILES string of the molecule is O=C(Cc1csc(Cc2cccc(Cl)c2)n1)NCc1ccccc1. The van der Waals surface area contributed by atoms with Crippen molar-refractivity contribution in [2.45, 2.75) is 19.4 Å². The zero-order valence-corrected chi connectivity index (χ0v) is 14.6. The molecule has 122 valence electrons. The van der Waals surface area contributed by atoms with Crippen molar-refractivity contribution in [3.8, 4) is 0 Å². The van der Waals surface area contributed by atoms with Gasteiger partial charge in [0.1, 0.15) is 0 Å². The average molecular weight is 357 g/mol. The highest BCUT2D eigenvalue weighted by Gasteiger charge is 2.08. The van der Waals surface area contributed by atoms with E-state index < -0.39 is 0 Å². The van der Waals surface area contributed by atoms with Gasteiger partial charge in [0.15, 0.2) is 0 Å². The molecule has 0 aliphatic heterocycles. The highest BCUT2D eigenvalue weighted by Crippen LogP contribution is 2.18. The first kappa shape index (κ1) is 16.7. The van der Waals surface area contributed by atoms with Gasteiger partial charge in [0.05, 0.1) is 17.1 Å². The van der Waals surface area contributed by atoms with Crippen LogP contribution in [-0.4, -0.2) is 10.9 Å². The van der Waals surface area contributed by atoms with Gasteiger partial charge in [-0.05, 0) is 23.3 Å². The van der Waals surface area contributed by atoms with Crippen molar-refractivity contribution >= 4 is 28.8 Å². The number of aromatic nitrogens is 1. The maximum atomic E-state index is 12.0. The quantitative estimate of drug-likeness (QED) is 0.717. The molecule has 0 aliphatic rings. The molecule has 0 spiro atoms. The number of carbonyl (C=O) groups is 1. The van der Waals surface area contributed by atoms with Crippen molar-refractivity contribution in [1.82, 2.24) is 10.3 Å². The average Bonchev–Trinajstić information content (AvgIpc) is 3.01. The second-order valence-corrected chi connectivity index (χ2v) is 6.86. The van der Waals surface area contributed by atoms with Gasteiger partial charge in [0.2, 0.25) is 5.91 Å². The predicted molar refractivity (Wildman–Crippen MR) is 98.4 cm³/mol. The minimum Gasteiger partial charge on any atom is -0.352 e. The van der Waals surface area contributed by atoms with Gasteiger partial charge in [-0.3, -0.25) is 4.79 Å². The van der Waals surface area contributed by atoms with Gasteiger partial charge in [-0.15, -0.1) is 11.3 Å². The zero-order valence-electron chi connectivity index (χ0n) is 13.0. The number of amides is 1. The van der Waals surface area contributed by atoms with Crippen LogP contribution < -0.4 is 5.32 Å². The third-order valence-electron chi connectivity index (χ3n) is 3.52. The third kappa shape index (κ3) is 4.91. The molecule has 1 aromatic heterocycles. The summed E-state index contributed by atoms with van der Waals surface area (Å²) in [7, 11) is 0. The first-order valence-electron chi connectivity index (χ1n) is 7.67. The largest absolute Gasteiger partial charge is 0.352 e. The predicted octanol–water partition coefficient (Wildman–Crippen LogP) is 4.25. The number of thiazole rings is 1. The van der Waals surface area contributed by atoms with Gasteiger partial charge in [0.25, 0.3) is 0 Å². The summed E-state index contributed by atoms with van der Waals surface area (Å²) in [5.41, 5.74) is 3.02. The Morgan fingerprint density at radius 1 is 1.08 bits per heavy atom. The molecule has 3 nitrogen and oxygen atoms in total. The molecule has 0 atom stereocenters. The smallest absolute Gasteiger partial charge is 0.226 e. The van der Waals surface area contributed by atoms with Gasteiger partial charge in [-0.25, -0.2) is 4.98 Å². The Kier molecular flexibility index (Phi) is 5.62. The summed E-state index contributed by atoms with van der Waals surface area (Å²) in [6.07, 6.45) is 1.04. The van der Waals surface area contributed by atoms with E-state index in [0.29, 0.717) is 13.0 Å². The molecule has 0 saturated heterocycles. The number of hydrogen-bond donors (Lipinski definition) is 1. The molecule has 0 unspecified atom stereocenters. The van der Waals surface area contributed by atoms with Crippen LogP contribution in [0, 0.1) is 0 Å². The molecule has 3 aromatic rings. The number of rotatable bonds is 6. The Hall–Kier alpha value is -2.17. The lowest BCUT2D eigenvalue weighted by molar-refractivity contribution is -0.120. The first-order valence-corrected chi connectivity index (χ1v) is 8.93. The van der Waals surface area contributed by atoms with Crippen LogP contribution in [-0.2, 0) is 24.2 Å².